The summed E-state index contributed by atoms with van der Waals surface area (Å²) in [4.78, 5) is 20.8. The molecule has 0 aliphatic rings. The van der Waals surface area contributed by atoms with Crippen molar-refractivity contribution in [3.8, 4) is 0 Å². The van der Waals surface area contributed by atoms with Crippen molar-refractivity contribution >= 4 is 28.7 Å². The summed E-state index contributed by atoms with van der Waals surface area (Å²) in [5.74, 6) is 0.420. The number of aromatic nitrogens is 2. The van der Waals surface area contributed by atoms with Gasteiger partial charge in [-0.15, -0.1) is 11.3 Å². The highest BCUT2D eigenvalue weighted by atomic mass is 32.1. The standard InChI is InChI=1S/C12H15N5O2S/c1-7-4-9(20-8(7)2)5-14-12-10(17(18)19)11(13-3)15-6-16-12/h4,6H,5H2,1-3H3,(H2,13,14,15,16). The van der Waals surface area contributed by atoms with Gasteiger partial charge in [0.1, 0.15) is 6.33 Å². The van der Waals surface area contributed by atoms with E-state index in [2.05, 4.69) is 33.6 Å². The minimum absolute atomic E-state index is 0.139. The van der Waals surface area contributed by atoms with Gasteiger partial charge in [0.25, 0.3) is 0 Å². The molecule has 2 heterocycles. The number of hydrogen-bond acceptors (Lipinski definition) is 7. The fourth-order valence-corrected chi connectivity index (χ4v) is 2.76. The summed E-state index contributed by atoms with van der Waals surface area (Å²) in [7, 11) is 1.59. The molecule has 20 heavy (non-hydrogen) atoms. The van der Waals surface area contributed by atoms with E-state index in [0.717, 1.165) is 4.88 Å². The fourth-order valence-electron chi connectivity index (χ4n) is 1.77. The Bertz CT molecular complexity index is 621. The third-order valence-electron chi connectivity index (χ3n) is 2.89. The third kappa shape index (κ3) is 2.85. The molecular formula is C12H15N5O2S. The van der Waals surface area contributed by atoms with E-state index in [-0.39, 0.29) is 17.3 Å². The minimum Gasteiger partial charge on any atom is -0.367 e. The van der Waals surface area contributed by atoms with Crippen molar-refractivity contribution < 1.29 is 4.92 Å². The maximum Gasteiger partial charge on any atom is 0.353 e. The fraction of sp³-hybridized carbons (Fsp3) is 0.333. The molecule has 0 aliphatic heterocycles. The topological polar surface area (TPSA) is 93.0 Å². The van der Waals surface area contributed by atoms with Crippen LogP contribution in [-0.4, -0.2) is 21.9 Å². The van der Waals surface area contributed by atoms with Gasteiger partial charge in [-0.25, -0.2) is 9.97 Å². The molecule has 0 saturated carbocycles. The third-order valence-corrected chi connectivity index (χ3v) is 4.04. The van der Waals surface area contributed by atoms with Crippen LogP contribution in [0, 0.1) is 24.0 Å². The molecule has 0 spiro atoms. The van der Waals surface area contributed by atoms with Crippen LogP contribution in [0.4, 0.5) is 17.3 Å². The molecule has 2 N–H and O–H groups in total. The number of nitrogens with zero attached hydrogens (tertiary/aromatic N) is 3. The predicted octanol–water partition coefficient (Wildman–Crippen LogP) is 2.72. The van der Waals surface area contributed by atoms with Crippen molar-refractivity contribution in [3.63, 3.8) is 0 Å². The van der Waals surface area contributed by atoms with E-state index in [1.165, 1.54) is 16.8 Å². The zero-order valence-electron chi connectivity index (χ0n) is 11.4. The first-order valence-electron chi connectivity index (χ1n) is 6.00. The van der Waals surface area contributed by atoms with Crippen molar-refractivity contribution in [1.82, 2.24) is 9.97 Å². The van der Waals surface area contributed by atoms with E-state index in [4.69, 9.17) is 0 Å². The monoisotopic (exact) mass is 293 g/mol. The summed E-state index contributed by atoms with van der Waals surface area (Å²) in [5.41, 5.74) is 1.08. The van der Waals surface area contributed by atoms with Gasteiger partial charge in [-0.2, -0.15) is 0 Å². The van der Waals surface area contributed by atoms with Crippen molar-refractivity contribution in [1.29, 1.82) is 0 Å². The van der Waals surface area contributed by atoms with Crippen molar-refractivity contribution in [3.05, 3.63) is 37.8 Å². The second-order valence-corrected chi connectivity index (χ2v) is 5.57. The molecule has 0 unspecified atom stereocenters. The summed E-state index contributed by atoms with van der Waals surface area (Å²) in [6.07, 6.45) is 1.30. The second-order valence-electron chi connectivity index (χ2n) is 4.23. The molecule has 8 heteroatoms. The number of hydrogen-bond donors (Lipinski definition) is 2. The van der Waals surface area contributed by atoms with Gasteiger partial charge in [-0.3, -0.25) is 10.1 Å². The highest BCUT2D eigenvalue weighted by Gasteiger charge is 2.21. The normalized spacial score (nSPS) is 10.3. The molecule has 0 bridgehead atoms. The summed E-state index contributed by atoms with van der Waals surface area (Å²) in [6.45, 7) is 4.59. The second kappa shape index (κ2) is 5.83. The smallest absolute Gasteiger partial charge is 0.353 e. The van der Waals surface area contributed by atoms with E-state index >= 15 is 0 Å². The first-order chi connectivity index (χ1) is 9.52. The average Bonchev–Trinajstić information content (AvgIpc) is 2.74. The summed E-state index contributed by atoms with van der Waals surface area (Å²) in [6, 6.07) is 2.07. The van der Waals surface area contributed by atoms with Crippen molar-refractivity contribution in [2.24, 2.45) is 0 Å². The highest BCUT2D eigenvalue weighted by molar-refractivity contribution is 7.12. The number of aryl methyl sites for hydroxylation is 2. The largest absolute Gasteiger partial charge is 0.367 e. The van der Waals surface area contributed by atoms with E-state index in [1.54, 1.807) is 18.4 Å². The minimum atomic E-state index is -0.487. The average molecular weight is 293 g/mol. The quantitative estimate of drug-likeness (QED) is 0.650. The highest BCUT2D eigenvalue weighted by Crippen LogP contribution is 2.29. The van der Waals surface area contributed by atoms with Gasteiger partial charge in [0.15, 0.2) is 0 Å². The maximum atomic E-state index is 11.1. The van der Waals surface area contributed by atoms with Gasteiger partial charge in [-0.1, -0.05) is 0 Å². The first-order valence-corrected chi connectivity index (χ1v) is 6.81. The Morgan fingerprint density at radius 1 is 1.35 bits per heavy atom. The van der Waals surface area contributed by atoms with Crippen LogP contribution in [0.2, 0.25) is 0 Å². The van der Waals surface area contributed by atoms with E-state index in [9.17, 15) is 10.1 Å². The van der Waals surface area contributed by atoms with E-state index < -0.39 is 4.92 Å². The molecule has 0 radical (unpaired) electrons. The predicted molar refractivity (Wildman–Crippen MR) is 79.4 cm³/mol. The van der Waals surface area contributed by atoms with Crippen molar-refractivity contribution in [2.75, 3.05) is 17.7 Å². The Kier molecular flexibility index (Phi) is 4.14. The van der Waals surface area contributed by atoms with Gasteiger partial charge in [0.05, 0.1) is 11.5 Å². The molecule has 0 amide bonds. The molecule has 2 aromatic heterocycles. The van der Waals surface area contributed by atoms with E-state index in [1.807, 2.05) is 6.92 Å². The summed E-state index contributed by atoms with van der Waals surface area (Å²) < 4.78 is 0. The van der Waals surface area contributed by atoms with Crippen LogP contribution < -0.4 is 10.6 Å². The van der Waals surface area contributed by atoms with Gasteiger partial charge in [0, 0.05) is 16.8 Å². The molecule has 0 atom stereocenters. The SMILES string of the molecule is CNc1ncnc(NCc2cc(C)c(C)s2)c1[N+](=O)[O-]. The summed E-state index contributed by atoms with van der Waals surface area (Å²) in [5, 5.41) is 16.8. The molecular weight excluding hydrogens is 278 g/mol. The van der Waals surface area contributed by atoms with Crippen LogP contribution in [0.3, 0.4) is 0 Å². The molecule has 7 nitrogen and oxygen atoms in total. The summed E-state index contributed by atoms with van der Waals surface area (Å²) >= 11 is 1.67. The lowest BCUT2D eigenvalue weighted by molar-refractivity contribution is -0.383. The van der Waals surface area contributed by atoms with Gasteiger partial charge >= 0.3 is 5.69 Å². The van der Waals surface area contributed by atoms with Gasteiger partial charge < -0.3 is 10.6 Å². The number of anilines is 2. The van der Waals surface area contributed by atoms with E-state index in [0.29, 0.717) is 6.54 Å². The van der Waals surface area contributed by atoms with Crippen LogP contribution >= 0.6 is 11.3 Å². The maximum absolute atomic E-state index is 11.1. The van der Waals surface area contributed by atoms with Gasteiger partial charge in [-0.05, 0) is 25.5 Å². The number of rotatable bonds is 5. The van der Waals surface area contributed by atoms with Crippen LogP contribution in [0.1, 0.15) is 15.3 Å². The van der Waals surface area contributed by atoms with Crippen LogP contribution in [0.15, 0.2) is 12.4 Å². The Labute approximate surface area is 120 Å². The lowest BCUT2D eigenvalue weighted by Gasteiger charge is -2.07. The molecule has 0 aliphatic carbocycles. The zero-order chi connectivity index (χ0) is 14.7. The zero-order valence-corrected chi connectivity index (χ0v) is 12.2. The number of thiophene rings is 1. The molecule has 0 saturated heterocycles. The van der Waals surface area contributed by atoms with Crippen LogP contribution in [0.25, 0.3) is 0 Å². The Morgan fingerprint density at radius 3 is 2.60 bits per heavy atom. The van der Waals surface area contributed by atoms with Crippen LogP contribution in [-0.2, 0) is 6.54 Å². The van der Waals surface area contributed by atoms with Gasteiger partial charge in [0.2, 0.25) is 11.6 Å². The lowest BCUT2D eigenvalue weighted by Crippen LogP contribution is -2.07. The van der Waals surface area contributed by atoms with Crippen molar-refractivity contribution in [2.45, 2.75) is 20.4 Å². The molecule has 2 rings (SSSR count). The molecule has 106 valence electrons. The Hall–Kier alpha value is -2.22. The Morgan fingerprint density at radius 2 is 2.05 bits per heavy atom. The molecule has 0 aromatic carbocycles. The first kappa shape index (κ1) is 14.2. The lowest BCUT2D eigenvalue weighted by atomic mass is 10.3. The number of nitro groups is 1. The molecule has 0 fully saturated rings. The number of nitrogens with one attached hydrogen (secondary N) is 2. The Balaban J connectivity index is 2.23. The van der Waals surface area contributed by atoms with Crippen LogP contribution in [0.5, 0.6) is 0 Å². The molecule has 2 aromatic rings.